The van der Waals surface area contributed by atoms with Gasteiger partial charge in [-0.1, -0.05) is 49.7 Å². The number of nitriles is 1. The second-order valence-electron chi connectivity index (χ2n) is 8.88. The zero-order chi connectivity index (χ0) is 22.8. The van der Waals surface area contributed by atoms with Crippen LogP contribution in [0.5, 0.6) is 0 Å². The van der Waals surface area contributed by atoms with Gasteiger partial charge in [-0.05, 0) is 70.8 Å². The molecule has 164 valence electrons. The maximum absolute atomic E-state index is 13.9. The monoisotopic (exact) mass is 450 g/mol. The summed E-state index contributed by atoms with van der Waals surface area (Å²) in [7, 11) is 0. The van der Waals surface area contributed by atoms with Gasteiger partial charge in [-0.3, -0.25) is 4.90 Å². The Kier molecular flexibility index (Phi) is 6.60. The van der Waals surface area contributed by atoms with Gasteiger partial charge < -0.3 is 0 Å². The van der Waals surface area contributed by atoms with Gasteiger partial charge in [0.2, 0.25) is 0 Å². The minimum atomic E-state index is -0.533. The number of benzene rings is 3. The predicted molar refractivity (Wildman–Crippen MR) is 123 cm³/mol. The molecule has 2 atom stereocenters. The number of likely N-dealkylation sites (tertiary alicyclic amines) is 1. The van der Waals surface area contributed by atoms with Gasteiger partial charge in [-0.2, -0.15) is 5.26 Å². The van der Waals surface area contributed by atoms with Crippen LogP contribution < -0.4 is 0 Å². The van der Waals surface area contributed by atoms with E-state index in [4.69, 9.17) is 11.6 Å². The molecule has 5 heteroatoms. The van der Waals surface area contributed by atoms with Gasteiger partial charge in [0, 0.05) is 24.2 Å². The van der Waals surface area contributed by atoms with Gasteiger partial charge >= 0.3 is 0 Å². The summed E-state index contributed by atoms with van der Waals surface area (Å²) in [5.74, 6) is -0.472. The van der Waals surface area contributed by atoms with Crippen molar-refractivity contribution in [1.29, 1.82) is 5.26 Å². The van der Waals surface area contributed by atoms with Crippen LogP contribution in [0, 0.1) is 34.8 Å². The van der Waals surface area contributed by atoms with Crippen LogP contribution >= 0.6 is 11.6 Å². The second-order valence-corrected chi connectivity index (χ2v) is 9.31. The Hall–Kier alpha value is -2.74. The number of nitrogens with zero attached hydrogens (tertiary/aromatic N) is 2. The summed E-state index contributed by atoms with van der Waals surface area (Å²) >= 11 is 6.11. The molecule has 0 radical (unpaired) electrons. The van der Waals surface area contributed by atoms with E-state index in [1.807, 2.05) is 42.5 Å². The molecule has 0 aliphatic carbocycles. The van der Waals surface area contributed by atoms with Crippen LogP contribution in [0.1, 0.15) is 48.1 Å². The summed E-state index contributed by atoms with van der Waals surface area (Å²) in [6, 6.07) is 21.5. The first-order valence-electron chi connectivity index (χ1n) is 10.8. The van der Waals surface area contributed by atoms with Gasteiger partial charge in [0.05, 0.1) is 17.7 Å². The molecule has 0 spiro atoms. The lowest BCUT2D eigenvalue weighted by Crippen LogP contribution is -2.51. The van der Waals surface area contributed by atoms with Crippen molar-refractivity contribution < 1.29 is 8.78 Å². The Morgan fingerprint density at radius 1 is 0.906 bits per heavy atom. The maximum Gasteiger partial charge on any atom is 0.126 e. The quantitative estimate of drug-likeness (QED) is 0.406. The Morgan fingerprint density at radius 3 is 2.16 bits per heavy atom. The molecule has 2 nitrogen and oxygen atoms in total. The molecule has 1 saturated heterocycles. The predicted octanol–water partition coefficient (Wildman–Crippen LogP) is 6.95. The summed E-state index contributed by atoms with van der Waals surface area (Å²) in [6.45, 7) is 5.79. The minimum absolute atomic E-state index is 0.0196. The third-order valence-corrected chi connectivity index (χ3v) is 6.57. The molecule has 32 heavy (non-hydrogen) atoms. The van der Waals surface area contributed by atoms with E-state index >= 15 is 0 Å². The smallest absolute Gasteiger partial charge is 0.126 e. The lowest BCUT2D eigenvalue weighted by molar-refractivity contribution is 0.0411. The lowest BCUT2D eigenvalue weighted by Gasteiger charge is -2.49. The largest absolute Gasteiger partial charge is 0.292 e. The van der Waals surface area contributed by atoms with E-state index in [-0.39, 0.29) is 23.8 Å². The van der Waals surface area contributed by atoms with Crippen molar-refractivity contribution in [2.24, 2.45) is 11.8 Å². The zero-order valence-electron chi connectivity index (χ0n) is 18.1. The van der Waals surface area contributed by atoms with E-state index in [1.54, 1.807) is 6.07 Å². The van der Waals surface area contributed by atoms with Gasteiger partial charge in [0.1, 0.15) is 11.6 Å². The number of hydrogen-bond acceptors (Lipinski definition) is 2. The molecule has 0 N–H and O–H groups in total. The van der Waals surface area contributed by atoms with Crippen LogP contribution in [0.3, 0.4) is 0 Å². The fourth-order valence-corrected chi connectivity index (χ4v) is 5.12. The Labute approximate surface area is 193 Å². The van der Waals surface area contributed by atoms with Crippen molar-refractivity contribution in [2.45, 2.75) is 25.8 Å². The fourth-order valence-electron chi connectivity index (χ4n) is 4.99. The summed E-state index contributed by atoms with van der Waals surface area (Å²) in [6.07, 6.45) is 0. The Bertz CT molecular complexity index is 1110. The van der Waals surface area contributed by atoms with Crippen LogP contribution in [-0.4, -0.2) is 18.0 Å². The molecule has 0 amide bonds. The topological polar surface area (TPSA) is 27.0 Å². The molecule has 0 aromatic heterocycles. The van der Waals surface area contributed by atoms with Crippen molar-refractivity contribution in [1.82, 2.24) is 4.90 Å². The molecule has 4 rings (SSSR count). The van der Waals surface area contributed by atoms with E-state index in [0.717, 1.165) is 35.8 Å². The first kappa shape index (κ1) is 22.5. The van der Waals surface area contributed by atoms with Gasteiger partial charge in [0.25, 0.3) is 0 Å². The molecule has 1 heterocycles. The molecule has 1 unspecified atom stereocenters. The van der Waals surface area contributed by atoms with Crippen LogP contribution in [0.2, 0.25) is 5.02 Å². The maximum atomic E-state index is 13.9. The molecule has 1 aliphatic rings. The van der Waals surface area contributed by atoms with E-state index in [0.29, 0.717) is 10.6 Å². The molecule has 3 aromatic rings. The zero-order valence-corrected chi connectivity index (χ0v) is 18.9. The van der Waals surface area contributed by atoms with E-state index in [1.165, 1.54) is 12.1 Å². The second kappa shape index (κ2) is 9.40. The number of halogens is 3. The van der Waals surface area contributed by atoms with Crippen molar-refractivity contribution >= 4 is 11.6 Å². The highest BCUT2D eigenvalue weighted by molar-refractivity contribution is 6.30. The van der Waals surface area contributed by atoms with Gasteiger partial charge in [0.15, 0.2) is 0 Å². The van der Waals surface area contributed by atoms with E-state index in [9.17, 15) is 14.0 Å². The first-order chi connectivity index (χ1) is 15.4. The molecular formula is C27H25ClF2N2. The Morgan fingerprint density at radius 2 is 1.56 bits per heavy atom. The van der Waals surface area contributed by atoms with Crippen molar-refractivity contribution in [3.05, 3.63) is 106 Å². The average molecular weight is 451 g/mol. The molecule has 3 aromatic carbocycles. The highest BCUT2D eigenvalue weighted by Gasteiger charge is 2.40. The standard InChI is InChI=1S/C27H25ClF2N2/c1-17(2)26(21-11-24(29)13-25(30)12-21)22-15-32(16-22)27(19-6-8-23(28)9-7-19)20-5-3-4-18(10-20)14-31/h3-13,17,22,26-27H,15-16H2,1-2H3/t26-,27?/m1/s1. The molecule has 0 saturated carbocycles. The van der Waals surface area contributed by atoms with Gasteiger partial charge in [-0.15, -0.1) is 0 Å². The summed E-state index contributed by atoms with van der Waals surface area (Å²) < 4.78 is 27.8. The highest BCUT2D eigenvalue weighted by Crippen LogP contribution is 2.43. The molecule has 1 fully saturated rings. The van der Waals surface area contributed by atoms with Crippen molar-refractivity contribution in [3.63, 3.8) is 0 Å². The molecule has 0 bridgehead atoms. The van der Waals surface area contributed by atoms with E-state index < -0.39 is 11.6 Å². The van der Waals surface area contributed by atoms with E-state index in [2.05, 4.69) is 24.8 Å². The number of hydrogen-bond donors (Lipinski definition) is 0. The summed E-state index contributed by atoms with van der Waals surface area (Å²) in [5, 5.41) is 10.0. The minimum Gasteiger partial charge on any atom is -0.292 e. The SMILES string of the molecule is CC(C)[C@H](c1cc(F)cc(F)c1)C1CN(C(c2ccc(Cl)cc2)c2cccc(C#N)c2)C1. The van der Waals surface area contributed by atoms with Crippen molar-refractivity contribution in [2.75, 3.05) is 13.1 Å². The molecule has 1 aliphatic heterocycles. The summed E-state index contributed by atoms with van der Waals surface area (Å²) in [5.41, 5.74) is 3.48. The highest BCUT2D eigenvalue weighted by atomic mass is 35.5. The van der Waals surface area contributed by atoms with Gasteiger partial charge in [-0.25, -0.2) is 8.78 Å². The van der Waals surface area contributed by atoms with Crippen LogP contribution in [0.15, 0.2) is 66.7 Å². The Balaban J connectivity index is 1.63. The number of rotatable bonds is 6. The summed E-state index contributed by atoms with van der Waals surface area (Å²) in [4.78, 5) is 2.36. The van der Waals surface area contributed by atoms with Crippen LogP contribution in [0.4, 0.5) is 8.78 Å². The van der Waals surface area contributed by atoms with Crippen LogP contribution in [0.25, 0.3) is 0 Å². The first-order valence-corrected chi connectivity index (χ1v) is 11.2. The third kappa shape index (κ3) is 4.70. The molecular weight excluding hydrogens is 426 g/mol. The lowest BCUT2D eigenvalue weighted by atomic mass is 9.73. The third-order valence-electron chi connectivity index (χ3n) is 6.32. The fraction of sp³-hybridized carbons (Fsp3) is 0.296. The average Bonchev–Trinajstić information content (AvgIpc) is 2.72. The van der Waals surface area contributed by atoms with Crippen molar-refractivity contribution in [3.8, 4) is 6.07 Å². The van der Waals surface area contributed by atoms with Crippen LogP contribution in [-0.2, 0) is 0 Å². The normalized spacial score (nSPS) is 16.4.